The Balaban J connectivity index is 2.53. The SMILES string of the molecule is Nc1cc(S)ccc1-c1ncccn1. The predicted molar refractivity (Wildman–Crippen MR) is 59.1 cm³/mol. The van der Waals surface area contributed by atoms with Crippen LogP contribution in [0.25, 0.3) is 11.4 Å². The van der Waals surface area contributed by atoms with Gasteiger partial charge in [0.2, 0.25) is 0 Å². The van der Waals surface area contributed by atoms with Crippen LogP contribution in [0.1, 0.15) is 0 Å². The lowest BCUT2D eigenvalue weighted by molar-refractivity contribution is 1.17. The summed E-state index contributed by atoms with van der Waals surface area (Å²) in [6, 6.07) is 7.29. The molecule has 70 valence electrons. The van der Waals surface area contributed by atoms with Crippen LogP contribution in [0.3, 0.4) is 0 Å². The van der Waals surface area contributed by atoms with E-state index in [0.29, 0.717) is 11.5 Å². The Morgan fingerprint density at radius 1 is 1.14 bits per heavy atom. The van der Waals surface area contributed by atoms with Gasteiger partial charge in [0.05, 0.1) is 0 Å². The van der Waals surface area contributed by atoms with Gasteiger partial charge in [0, 0.05) is 28.5 Å². The van der Waals surface area contributed by atoms with E-state index in [1.54, 1.807) is 24.5 Å². The second-order valence-electron chi connectivity index (χ2n) is 2.84. The molecule has 0 fully saturated rings. The van der Waals surface area contributed by atoms with Gasteiger partial charge in [0.25, 0.3) is 0 Å². The lowest BCUT2D eigenvalue weighted by Gasteiger charge is -2.03. The summed E-state index contributed by atoms with van der Waals surface area (Å²) < 4.78 is 0. The van der Waals surface area contributed by atoms with E-state index in [9.17, 15) is 0 Å². The molecule has 2 aromatic rings. The van der Waals surface area contributed by atoms with Crippen molar-refractivity contribution in [3.05, 3.63) is 36.7 Å². The summed E-state index contributed by atoms with van der Waals surface area (Å²) in [4.78, 5) is 9.08. The number of aromatic nitrogens is 2. The number of nitrogens with zero attached hydrogens (tertiary/aromatic N) is 2. The minimum Gasteiger partial charge on any atom is -0.398 e. The maximum atomic E-state index is 5.82. The molecule has 0 aliphatic heterocycles. The standard InChI is InChI=1S/C10H9N3S/c11-9-6-7(14)2-3-8(9)10-12-4-1-5-13-10/h1-6,14H,11H2. The highest BCUT2D eigenvalue weighted by Crippen LogP contribution is 2.24. The number of thiol groups is 1. The monoisotopic (exact) mass is 203 g/mol. The first-order valence-electron chi connectivity index (χ1n) is 4.13. The Hall–Kier alpha value is -1.55. The topological polar surface area (TPSA) is 51.8 Å². The zero-order valence-corrected chi connectivity index (χ0v) is 8.28. The average molecular weight is 203 g/mol. The number of hydrogen-bond acceptors (Lipinski definition) is 4. The first-order chi connectivity index (χ1) is 6.77. The molecule has 4 heteroatoms. The van der Waals surface area contributed by atoms with E-state index in [-0.39, 0.29) is 0 Å². The molecule has 0 aliphatic rings. The summed E-state index contributed by atoms with van der Waals surface area (Å²) >= 11 is 4.19. The summed E-state index contributed by atoms with van der Waals surface area (Å²) in [5, 5.41) is 0. The van der Waals surface area contributed by atoms with Gasteiger partial charge in [-0.3, -0.25) is 0 Å². The van der Waals surface area contributed by atoms with Crippen LogP contribution in [0.5, 0.6) is 0 Å². The van der Waals surface area contributed by atoms with Gasteiger partial charge in [-0.25, -0.2) is 9.97 Å². The van der Waals surface area contributed by atoms with Gasteiger partial charge in [0.15, 0.2) is 5.82 Å². The fourth-order valence-electron chi connectivity index (χ4n) is 1.19. The first kappa shape index (κ1) is 9.02. The molecule has 3 nitrogen and oxygen atoms in total. The molecular formula is C10H9N3S. The molecule has 2 N–H and O–H groups in total. The van der Waals surface area contributed by atoms with Gasteiger partial charge in [-0.05, 0) is 24.3 Å². The van der Waals surface area contributed by atoms with Gasteiger partial charge in [-0.15, -0.1) is 12.6 Å². The lowest BCUT2D eigenvalue weighted by Crippen LogP contribution is -1.93. The average Bonchev–Trinajstić information content (AvgIpc) is 2.19. The predicted octanol–water partition coefficient (Wildman–Crippen LogP) is 2.01. The first-order valence-corrected chi connectivity index (χ1v) is 4.58. The largest absolute Gasteiger partial charge is 0.398 e. The third-order valence-corrected chi connectivity index (χ3v) is 2.12. The molecule has 0 saturated heterocycles. The molecule has 1 aromatic heterocycles. The highest BCUT2D eigenvalue weighted by molar-refractivity contribution is 7.80. The quantitative estimate of drug-likeness (QED) is 0.550. The van der Waals surface area contributed by atoms with Crippen LogP contribution in [0.4, 0.5) is 5.69 Å². The zero-order chi connectivity index (χ0) is 9.97. The summed E-state index contributed by atoms with van der Waals surface area (Å²) in [5.74, 6) is 0.637. The van der Waals surface area contributed by atoms with Crippen LogP contribution in [-0.4, -0.2) is 9.97 Å². The Morgan fingerprint density at radius 2 is 1.86 bits per heavy atom. The molecule has 1 aromatic carbocycles. The molecule has 0 unspecified atom stereocenters. The van der Waals surface area contributed by atoms with E-state index in [1.165, 1.54) is 0 Å². The number of nitrogens with two attached hydrogens (primary N) is 1. The molecule has 0 radical (unpaired) electrons. The molecule has 2 rings (SSSR count). The summed E-state index contributed by atoms with van der Waals surface area (Å²) in [6.45, 7) is 0. The number of nitrogen functional groups attached to an aromatic ring is 1. The van der Waals surface area contributed by atoms with Gasteiger partial charge in [0.1, 0.15) is 0 Å². The second kappa shape index (κ2) is 3.67. The maximum Gasteiger partial charge on any atom is 0.161 e. The third-order valence-electron chi connectivity index (χ3n) is 1.84. The number of rotatable bonds is 1. The molecule has 0 saturated carbocycles. The van der Waals surface area contributed by atoms with E-state index in [0.717, 1.165) is 10.5 Å². The van der Waals surface area contributed by atoms with E-state index in [2.05, 4.69) is 22.6 Å². The van der Waals surface area contributed by atoms with Crippen molar-refractivity contribution in [1.29, 1.82) is 0 Å². The molecule has 14 heavy (non-hydrogen) atoms. The zero-order valence-electron chi connectivity index (χ0n) is 7.38. The second-order valence-corrected chi connectivity index (χ2v) is 3.36. The van der Waals surface area contributed by atoms with Gasteiger partial charge in [-0.2, -0.15) is 0 Å². The van der Waals surface area contributed by atoms with Crippen molar-refractivity contribution in [1.82, 2.24) is 9.97 Å². The summed E-state index contributed by atoms with van der Waals surface area (Å²) in [5.41, 5.74) is 7.30. The molecule has 0 aliphatic carbocycles. The number of benzene rings is 1. The van der Waals surface area contributed by atoms with Gasteiger partial charge >= 0.3 is 0 Å². The Morgan fingerprint density at radius 3 is 2.50 bits per heavy atom. The normalized spacial score (nSPS) is 10.1. The van der Waals surface area contributed by atoms with Crippen LogP contribution >= 0.6 is 12.6 Å². The van der Waals surface area contributed by atoms with Crippen molar-refractivity contribution in [2.45, 2.75) is 4.90 Å². The Bertz CT molecular complexity index is 442. The third kappa shape index (κ3) is 1.70. The highest BCUT2D eigenvalue weighted by atomic mass is 32.1. The Labute approximate surface area is 87.4 Å². The van der Waals surface area contributed by atoms with E-state index >= 15 is 0 Å². The van der Waals surface area contributed by atoms with Crippen LogP contribution in [0, 0.1) is 0 Å². The van der Waals surface area contributed by atoms with E-state index in [1.807, 2.05) is 12.1 Å². The van der Waals surface area contributed by atoms with Crippen molar-refractivity contribution in [2.24, 2.45) is 0 Å². The van der Waals surface area contributed by atoms with Crippen LogP contribution in [0.2, 0.25) is 0 Å². The number of hydrogen-bond donors (Lipinski definition) is 2. The van der Waals surface area contributed by atoms with Crippen molar-refractivity contribution in [2.75, 3.05) is 5.73 Å². The highest BCUT2D eigenvalue weighted by Gasteiger charge is 2.03. The number of anilines is 1. The van der Waals surface area contributed by atoms with E-state index in [4.69, 9.17) is 5.73 Å². The van der Waals surface area contributed by atoms with Crippen molar-refractivity contribution >= 4 is 18.3 Å². The van der Waals surface area contributed by atoms with Crippen molar-refractivity contribution in [3.63, 3.8) is 0 Å². The maximum absolute atomic E-state index is 5.82. The lowest BCUT2D eigenvalue weighted by atomic mass is 10.1. The molecule has 0 bridgehead atoms. The summed E-state index contributed by atoms with van der Waals surface area (Å²) in [7, 11) is 0. The minimum absolute atomic E-state index is 0.637. The van der Waals surface area contributed by atoms with Crippen LogP contribution < -0.4 is 5.73 Å². The molecule has 0 amide bonds. The Kier molecular flexibility index (Phi) is 2.37. The fourth-order valence-corrected chi connectivity index (χ4v) is 1.41. The molecule has 0 spiro atoms. The van der Waals surface area contributed by atoms with Crippen LogP contribution in [-0.2, 0) is 0 Å². The van der Waals surface area contributed by atoms with Gasteiger partial charge in [-0.1, -0.05) is 0 Å². The van der Waals surface area contributed by atoms with Crippen molar-refractivity contribution in [3.8, 4) is 11.4 Å². The summed E-state index contributed by atoms with van der Waals surface area (Å²) in [6.07, 6.45) is 3.38. The molecule has 0 atom stereocenters. The molecule has 1 heterocycles. The van der Waals surface area contributed by atoms with Crippen molar-refractivity contribution < 1.29 is 0 Å². The minimum atomic E-state index is 0.637. The van der Waals surface area contributed by atoms with Gasteiger partial charge < -0.3 is 5.73 Å². The van der Waals surface area contributed by atoms with Crippen LogP contribution in [0.15, 0.2) is 41.6 Å². The molecular weight excluding hydrogens is 194 g/mol. The fraction of sp³-hybridized carbons (Fsp3) is 0. The van der Waals surface area contributed by atoms with E-state index < -0.39 is 0 Å². The smallest absolute Gasteiger partial charge is 0.161 e.